The van der Waals surface area contributed by atoms with Crippen LogP contribution in [0.5, 0.6) is 0 Å². The van der Waals surface area contributed by atoms with Crippen LogP contribution in [0.2, 0.25) is 0 Å². The van der Waals surface area contributed by atoms with Gasteiger partial charge in [-0.25, -0.2) is 15.0 Å². The SMILES string of the molecule is Cc1nc(-c2ncccn2)sc1C(=O)NC(C)CN1CC(C)CC(C)C1. The number of nitrogens with zero attached hydrogens (tertiary/aromatic N) is 4. The normalized spacial score (nSPS) is 22.2. The molecule has 2 aromatic heterocycles. The standard InChI is InChI=1S/C19H27N5OS/c1-12-8-13(2)10-24(9-12)11-14(3)22-18(25)16-15(4)23-19(26-16)17-20-6-5-7-21-17/h5-7,12-14H,8-11H2,1-4H3,(H,22,25). The Morgan fingerprint density at radius 1 is 1.31 bits per heavy atom. The quantitative estimate of drug-likeness (QED) is 0.872. The van der Waals surface area contributed by atoms with E-state index in [-0.39, 0.29) is 11.9 Å². The summed E-state index contributed by atoms with van der Waals surface area (Å²) in [6.07, 6.45) is 4.66. The summed E-state index contributed by atoms with van der Waals surface area (Å²) in [4.78, 5) is 28.7. The number of hydrogen-bond acceptors (Lipinski definition) is 6. The van der Waals surface area contributed by atoms with Gasteiger partial charge < -0.3 is 10.2 Å². The monoisotopic (exact) mass is 373 g/mol. The number of amides is 1. The molecule has 0 saturated carbocycles. The Morgan fingerprint density at radius 2 is 1.96 bits per heavy atom. The molecular formula is C19H27N5OS. The lowest BCUT2D eigenvalue weighted by molar-refractivity contribution is 0.0908. The number of nitrogens with one attached hydrogen (secondary N) is 1. The first-order valence-electron chi connectivity index (χ1n) is 9.20. The summed E-state index contributed by atoms with van der Waals surface area (Å²) in [6, 6.07) is 1.86. The van der Waals surface area contributed by atoms with Crippen LogP contribution in [0.15, 0.2) is 18.5 Å². The summed E-state index contributed by atoms with van der Waals surface area (Å²) in [5, 5.41) is 3.81. The van der Waals surface area contributed by atoms with Gasteiger partial charge >= 0.3 is 0 Å². The smallest absolute Gasteiger partial charge is 0.263 e. The minimum Gasteiger partial charge on any atom is -0.348 e. The molecule has 0 radical (unpaired) electrons. The molecule has 0 aliphatic carbocycles. The molecule has 1 N–H and O–H groups in total. The molecule has 1 aliphatic heterocycles. The summed E-state index contributed by atoms with van der Waals surface area (Å²) in [6.45, 7) is 11.6. The van der Waals surface area contributed by atoms with Gasteiger partial charge in [0.15, 0.2) is 10.8 Å². The van der Waals surface area contributed by atoms with E-state index in [1.165, 1.54) is 17.8 Å². The van der Waals surface area contributed by atoms with Crippen LogP contribution in [0.3, 0.4) is 0 Å². The highest BCUT2D eigenvalue weighted by Gasteiger charge is 2.24. The Labute approximate surface area is 159 Å². The van der Waals surface area contributed by atoms with Crippen LogP contribution in [-0.2, 0) is 0 Å². The van der Waals surface area contributed by atoms with Crippen LogP contribution < -0.4 is 5.32 Å². The van der Waals surface area contributed by atoms with Crippen molar-refractivity contribution >= 4 is 17.2 Å². The van der Waals surface area contributed by atoms with E-state index in [2.05, 4.69) is 45.9 Å². The predicted octanol–water partition coefficient (Wildman–Crippen LogP) is 3.00. The fraction of sp³-hybridized carbons (Fsp3) is 0.579. The lowest BCUT2D eigenvalue weighted by Crippen LogP contribution is -2.46. The van der Waals surface area contributed by atoms with E-state index in [9.17, 15) is 4.79 Å². The first-order valence-corrected chi connectivity index (χ1v) is 10.0. The summed E-state index contributed by atoms with van der Waals surface area (Å²) >= 11 is 1.35. The van der Waals surface area contributed by atoms with E-state index in [0.717, 1.165) is 37.2 Å². The minimum absolute atomic E-state index is 0.0622. The van der Waals surface area contributed by atoms with E-state index >= 15 is 0 Å². The van der Waals surface area contributed by atoms with Crippen LogP contribution in [-0.4, -0.2) is 51.4 Å². The van der Waals surface area contributed by atoms with Gasteiger partial charge in [-0.3, -0.25) is 4.79 Å². The van der Waals surface area contributed by atoms with Crippen molar-refractivity contribution in [2.45, 2.75) is 40.2 Å². The summed E-state index contributed by atoms with van der Waals surface area (Å²) < 4.78 is 0. The molecule has 7 heteroatoms. The topological polar surface area (TPSA) is 71.0 Å². The maximum absolute atomic E-state index is 12.7. The van der Waals surface area contributed by atoms with Gasteiger partial charge in [-0.2, -0.15) is 0 Å². The Hall–Kier alpha value is -1.86. The molecule has 3 atom stereocenters. The zero-order valence-corrected chi connectivity index (χ0v) is 16.7. The number of piperidine rings is 1. The number of aromatic nitrogens is 3. The van der Waals surface area contributed by atoms with Crippen LogP contribution in [0.1, 0.15) is 42.6 Å². The van der Waals surface area contributed by atoms with Crippen molar-refractivity contribution in [3.05, 3.63) is 29.0 Å². The summed E-state index contributed by atoms with van der Waals surface area (Å²) in [7, 11) is 0. The van der Waals surface area contributed by atoms with Crippen LogP contribution in [0, 0.1) is 18.8 Å². The second-order valence-corrected chi connectivity index (χ2v) is 8.54. The zero-order chi connectivity index (χ0) is 18.7. The zero-order valence-electron chi connectivity index (χ0n) is 15.9. The molecule has 2 aromatic rings. The number of likely N-dealkylation sites (tertiary alicyclic amines) is 1. The number of hydrogen-bond donors (Lipinski definition) is 1. The van der Waals surface area contributed by atoms with Crippen molar-refractivity contribution in [3.8, 4) is 10.8 Å². The highest BCUT2D eigenvalue weighted by Crippen LogP contribution is 2.25. The van der Waals surface area contributed by atoms with Gasteiger partial charge in [0.1, 0.15) is 4.88 Å². The minimum atomic E-state index is -0.0622. The third kappa shape index (κ3) is 4.65. The molecule has 140 valence electrons. The summed E-state index contributed by atoms with van der Waals surface area (Å²) in [5.41, 5.74) is 0.724. The number of carbonyl (C=O) groups excluding carboxylic acids is 1. The molecule has 1 saturated heterocycles. The van der Waals surface area contributed by atoms with E-state index in [4.69, 9.17) is 0 Å². The largest absolute Gasteiger partial charge is 0.348 e. The average Bonchev–Trinajstić information content (AvgIpc) is 2.96. The molecule has 6 nitrogen and oxygen atoms in total. The Morgan fingerprint density at radius 3 is 2.62 bits per heavy atom. The highest BCUT2D eigenvalue weighted by atomic mass is 32.1. The molecule has 1 fully saturated rings. The summed E-state index contributed by atoms with van der Waals surface area (Å²) in [5.74, 6) is 1.94. The van der Waals surface area contributed by atoms with Gasteiger partial charge in [-0.15, -0.1) is 11.3 Å². The van der Waals surface area contributed by atoms with Crippen molar-refractivity contribution < 1.29 is 4.79 Å². The number of aryl methyl sites for hydroxylation is 1. The first-order chi connectivity index (χ1) is 12.4. The number of carbonyl (C=O) groups is 1. The van der Waals surface area contributed by atoms with Crippen molar-refractivity contribution in [1.82, 2.24) is 25.2 Å². The highest BCUT2D eigenvalue weighted by molar-refractivity contribution is 7.17. The van der Waals surface area contributed by atoms with Gasteiger partial charge in [-0.05, 0) is 38.2 Å². The van der Waals surface area contributed by atoms with Crippen molar-refractivity contribution in [3.63, 3.8) is 0 Å². The van der Waals surface area contributed by atoms with Gasteiger partial charge in [-0.1, -0.05) is 13.8 Å². The first kappa shape index (κ1) is 18.9. The fourth-order valence-electron chi connectivity index (χ4n) is 3.78. The van der Waals surface area contributed by atoms with E-state index in [0.29, 0.717) is 15.7 Å². The maximum atomic E-state index is 12.7. The molecular weight excluding hydrogens is 346 g/mol. The van der Waals surface area contributed by atoms with Gasteiger partial charge in [0.2, 0.25) is 0 Å². The Bertz CT molecular complexity index is 738. The Kier molecular flexibility index (Phi) is 5.98. The molecule has 0 bridgehead atoms. The third-order valence-electron chi connectivity index (χ3n) is 4.61. The molecule has 1 aliphatic rings. The van der Waals surface area contributed by atoms with Crippen molar-refractivity contribution in [2.75, 3.05) is 19.6 Å². The molecule has 3 heterocycles. The van der Waals surface area contributed by atoms with Crippen molar-refractivity contribution in [1.29, 1.82) is 0 Å². The fourth-order valence-corrected chi connectivity index (χ4v) is 4.69. The third-order valence-corrected chi connectivity index (χ3v) is 5.77. The van der Waals surface area contributed by atoms with E-state index in [1.54, 1.807) is 18.5 Å². The van der Waals surface area contributed by atoms with Crippen LogP contribution >= 0.6 is 11.3 Å². The van der Waals surface area contributed by atoms with Gasteiger partial charge in [0.05, 0.1) is 5.69 Å². The molecule has 1 amide bonds. The second kappa shape index (κ2) is 8.22. The predicted molar refractivity (Wildman–Crippen MR) is 104 cm³/mol. The Balaban J connectivity index is 1.62. The average molecular weight is 374 g/mol. The second-order valence-electron chi connectivity index (χ2n) is 7.55. The lowest BCUT2D eigenvalue weighted by atomic mass is 9.92. The lowest BCUT2D eigenvalue weighted by Gasteiger charge is -2.36. The maximum Gasteiger partial charge on any atom is 0.263 e. The number of thiazole rings is 1. The molecule has 3 rings (SSSR count). The van der Waals surface area contributed by atoms with Crippen LogP contribution in [0.4, 0.5) is 0 Å². The molecule has 0 aromatic carbocycles. The van der Waals surface area contributed by atoms with Gasteiger partial charge in [0, 0.05) is 38.1 Å². The van der Waals surface area contributed by atoms with Crippen molar-refractivity contribution in [2.24, 2.45) is 11.8 Å². The molecule has 3 unspecified atom stereocenters. The van der Waals surface area contributed by atoms with E-state index < -0.39 is 0 Å². The van der Waals surface area contributed by atoms with E-state index in [1.807, 2.05) is 6.92 Å². The molecule has 0 spiro atoms. The molecule has 26 heavy (non-hydrogen) atoms. The van der Waals surface area contributed by atoms with Crippen LogP contribution in [0.25, 0.3) is 10.8 Å². The number of rotatable bonds is 5. The van der Waals surface area contributed by atoms with Gasteiger partial charge in [0.25, 0.3) is 5.91 Å².